The Bertz CT molecular complexity index is 365. The van der Waals surface area contributed by atoms with Crippen molar-refractivity contribution in [3.05, 3.63) is 53.0 Å². The molecule has 0 unspecified atom stereocenters. The van der Waals surface area contributed by atoms with Crippen LogP contribution in [0.1, 0.15) is 26.7 Å². The van der Waals surface area contributed by atoms with Gasteiger partial charge in [0.05, 0.1) is 0 Å². The molecule has 0 nitrogen and oxygen atoms in total. The van der Waals surface area contributed by atoms with Crippen molar-refractivity contribution in [2.45, 2.75) is 26.7 Å². The summed E-state index contributed by atoms with van der Waals surface area (Å²) in [5, 5.41) is 0. The normalized spacial score (nSPS) is 20.3. The fourth-order valence-corrected chi connectivity index (χ4v) is 1.87. The van der Waals surface area contributed by atoms with Crippen molar-refractivity contribution in [3.8, 4) is 0 Å². The minimum Gasteiger partial charge on any atom is -0.199 e. The summed E-state index contributed by atoms with van der Waals surface area (Å²) in [6.45, 7) is 8.37. The van der Waals surface area contributed by atoms with E-state index in [0.29, 0.717) is 0 Å². The molecule has 0 N–H and O–H groups in total. The summed E-state index contributed by atoms with van der Waals surface area (Å²) in [6, 6.07) is 0. The number of hydrogen-bond donors (Lipinski definition) is 0. The van der Waals surface area contributed by atoms with Gasteiger partial charge in [-0.25, -0.2) is 0 Å². The average molecular weight is 260 g/mol. The quantitative estimate of drug-likeness (QED) is 0.630. The maximum atomic E-state index is 4.02. The topological polar surface area (TPSA) is 0 Å². The van der Waals surface area contributed by atoms with Crippen molar-refractivity contribution in [1.29, 1.82) is 0 Å². The van der Waals surface area contributed by atoms with Crippen molar-refractivity contribution in [2.75, 3.05) is 0 Å². The Kier molecular flexibility index (Phi) is 3.98. The third-order valence-corrected chi connectivity index (χ3v) is 2.80. The van der Waals surface area contributed by atoms with Gasteiger partial charge in [-0.15, -0.1) is 5.57 Å². The molecule has 0 bridgehead atoms. The first-order valence-corrected chi connectivity index (χ1v) is 4.76. The van der Waals surface area contributed by atoms with Crippen molar-refractivity contribution in [3.63, 3.8) is 0 Å². The molecule has 1 radical (unpaired) electrons. The molecule has 14 heavy (non-hydrogen) atoms. The predicted molar refractivity (Wildman–Crippen MR) is 57.2 cm³/mol. The van der Waals surface area contributed by atoms with Gasteiger partial charge in [-0.3, -0.25) is 0 Å². The monoisotopic (exact) mass is 260 g/mol. The molecule has 0 fully saturated rings. The first-order chi connectivity index (χ1) is 6.16. The van der Waals surface area contributed by atoms with Crippen molar-refractivity contribution in [1.82, 2.24) is 0 Å². The molecule has 0 saturated carbocycles. The standard InChI is InChI=1S/C13H15.Y/c1-9-4-5-12(6-9)13-7-10(2)11(3)8-13;/h4-5,7H,2,6,8H2,1,3H3;/q-1;. The van der Waals surface area contributed by atoms with E-state index in [9.17, 15) is 0 Å². The second-order valence-electron chi connectivity index (χ2n) is 4.03. The molecule has 2 aliphatic rings. The molecule has 2 aliphatic carbocycles. The average Bonchev–Trinajstić information content (AvgIpc) is 2.61. The zero-order valence-corrected chi connectivity index (χ0v) is 11.8. The van der Waals surface area contributed by atoms with E-state index in [1.165, 1.54) is 27.9 Å². The zero-order valence-electron chi connectivity index (χ0n) is 8.93. The van der Waals surface area contributed by atoms with E-state index in [0.717, 1.165) is 12.8 Å². The van der Waals surface area contributed by atoms with Gasteiger partial charge in [0, 0.05) is 32.7 Å². The molecule has 0 spiro atoms. The van der Waals surface area contributed by atoms with E-state index >= 15 is 0 Å². The molecule has 1 heteroatoms. The molecule has 0 atom stereocenters. The van der Waals surface area contributed by atoms with Crippen LogP contribution in [-0.4, -0.2) is 0 Å². The minimum atomic E-state index is 0. The van der Waals surface area contributed by atoms with Gasteiger partial charge in [0.25, 0.3) is 0 Å². The molecule has 0 saturated heterocycles. The fourth-order valence-electron chi connectivity index (χ4n) is 1.87. The smallest absolute Gasteiger partial charge is 0 e. The third-order valence-electron chi connectivity index (χ3n) is 2.80. The van der Waals surface area contributed by atoms with Gasteiger partial charge in [-0.1, -0.05) is 36.6 Å². The zero-order chi connectivity index (χ0) is 9.42. The molecular formula is C13H15Y-. The van der Waals surface area contributed by atoms with Crippen LogP contribution in [0.15, 0.2) is 46.1 Å². The minimum absolute atomic E-state index is 0. The van der Waals surface area contributed by atoms with Crippen LogP contribution in [0.3, 0.4) is 0 Å². The Balaban J connectivity index is 0.000000980. The Morgan fingerprint density at radius 3 is 2.21 bits per heavy atom. The van der Waals surface area contributed by atoms with Crippen molar-refractivity contribution >= 4 is 0 Å². The Labute approximate surface area is 112 Å². The van der Waals surface area contributed by atoms with Crippen molar-refractivity contribution < 1.29 is 32.7 Å². The van der Waals surface area contributed by atoms with E-state index < -0.39 is 0 Å². The summed E-state index contributed by atoms with van der Waals surface area (Å²) >= 11 is 0. The molecule has 0 aromatic heterocycles. The van der Waals surface area contributed by atoms with Crippen LogP contribution in [-0.2, 0) is 32.7 Å². The Morgan fingerprint density at radius 1 is 1.07 bits per heavy atom. The van der Waals surface area contributed by atoms with Crippen LogP contribution >= 0.6 is 0 Å². The number of rotatable bonds is 1. The summed E-state index contributed by atoms with van der Waals surface area (Å²) in [6.07, 6.45) is 8.92. The van der Waals surface area contributed by atoms with Crippen LogP contribution in [0, 0.1) is 6.92 Å². The summed E-state index contributed by atoms with van der Waals surface area (Å²) in [5.74, 6) is 0. The van der Waals surface area contributed by atoms with E-state index in [-0.39, 0.29) is 32.7 Å². The molecule has 2 rings (SSSR count). The second-order valence-corrected chi connectivity index (χ2v) is 4.03. The van der Waals surface area contributed by atoms with Crippen LogP contribution in [0.4, 0.5) is 0 Å². The predicted octanol–water partition coefficient (Wildman–Crippen LogP) is 3.74. The first-order valence-electron chi connectivity index (χ1n) is 4.76. The maximum absolute atomic E-state index is 4.02. The van der Waals surface area contributed by atoms with Crippen LogP contribution in [0.2, 0.25) is 0 Å². The molecule has 0 amide bonds. The Morgan fingerprint density at radius 2 is 1.79 bits per heavy atom. The third kappa shape index (κ3) is 2.29. The molecule has 0 aromatic carbocycles. The molecular weight excluding hydrogens is 245 g/mol. The number of allylic oxidation sites excluding steroid dienone is 8. The molecule has 0 aliphatic heterocycles. The van der Waals surface area contributed by atoms with E-state index in [1.54, 1.807) is 0 Å². The maximum Gasteiger partial charge on any atom is 0 e. The summed E-state index contributed by atoms with van der Waals surface area (Å²) in [4.78, 5) is 0. The van der Waals surface area contributed by atoms with Gasteiger partial charge in [0.15, 0.2) is 0 Å². The van der Waals surface area contributed by atoms with Crippen LogP contribution in [0.25, 0.3) is 0 Å². The first kappa shape index (κ1) is 12.0. The summed E-state index contributed by atoms with van der Waals surface area (Å²) in [5.41, 5.74) is 7.04. The van der Waals surface area contributed by atoms with E-state index in [4.69, 9.17) is 0 Å². The Hall–Kier alpha value is -0.0661. The van der Waals surface area contributed by atoms with Crippen LogP contribution in [0.5, 0.6) is 0 Å². The summed E-state index contributed by atoms with van der Waals surface area (Å²) in [7, 11) is 0. The molecule has 71 valence electrons. The van der Waals surface area contributed by atoms with Crippen LogP contribution < -0.4 is 0 Å². The van der Waals surface area contributed by atoms with Gasteiger partial charge in [0.1, 0.15) is 0 Å². The largest absolute Gasteiger partial charge is 0.199 e. The molecule has 0 heterocycles. The second kappa shape index (κ2) is 4.64. The SMILES string of the molecule is [CH2-]C1=C(C)CC(C2=CC=C(C)C2)=C1.[Y]. The van der Waals surface area contributed by atoms with E-state index in [2.05, 4.69) is 39.0 Å². The van der Waals surface area contributed by atoms with Gasteiger partial charge >= 0.3 is 0 Å². The van der Waals surface area contributed by atoms with Gasteiger partial charge in [-0.05, 0) is 13.3 Å². The van der Waals surface area contributed by atoms with Gasteiger partial charge in [-0.2, -0.15) is 24.1 Å². The summed E-state index contributed by atoms with van der Waals surface area (Å²) < 4.78 is 0. The number of hydrogen-bond acceptors (Lipinski definition) is 0. The van der Waals surface area contributed by atoms with E-state index in [1.807, 2.05) is 0 Å². The molecule has 0 aromatic rings. The van der Waals surface area contributed by atoms with Gasteiger partial charge in [0.2, 0.25) is 0 Å². The van der Waals surface area contributed by atoms with Gasteiger partial charge < -0.3 is 0 Å². The fraction of sp³-hybridized carbons (Fsp3) is 0.308. The van der Waals surface area contributed by atoms with Crippen molar-refractivity contribution in [2.24, 2.45) is 0 Å².